The summed E-state index contributed by atoms with van der Waals surface area (Å²) in [4.78, 5) is 10.9. The van der Waals surface area contributed by atoms with Gasteiger partial charge in [-0.15, -0.1) is 0 Å². The predicted molar refractivity (Wildman–Crippen MR) is 137 cm³/mol. The van der Waals surface area contributed by atoms with E-state index < -0.39 is 20.8 Å². The Kier molecular flexibility index (Phi) is 8.44. The smallest absolute Gasteiger partial charge is 0.238 e. The third-order valence-corrected chi connectivity index (χ3v) is 8.29. The number of nitrogens with one attached hydrogen (secondary N) is 2. The van der Waals surface area contributed by atoms with E-state index in [1.807, 2.05) is 32.0 Å². The van der Waals surface area contributed by atoms with Crippen LogP contribution in [0.4, 0.5) is 5.69 Å². The molecule has 2 unspecified atom stereocenters. The number of benzene rings is 2. The number of anilines is 1. The largest absolute Gasteiger partial charge is 0.497 e. The molecular formula is C26H32N2O7S. The summed E-state index contributed by atoms with van der Waals surface area (Å²) in [6.07, 6.45) is 4.51. The Labute approximate surface area is 212 Å². The van der Waals surface area contributed by atoms with Crippen molar-refractivity contribution in [3.05, 3.63) is 71.5 Å². The number of rotatable bonds is 10. The molecule has 2 N–H and O–H groups in total. The molecule has 2 aromatic rings. The van der Waals surface area contributed by atoms with Crippen molar-refractivity contribution in [2.45, 2.75) is 29.7 Å². The molecule has 2 atom stereocenters. The molecule has 0 heterocycles. The summed E-state index contributed by atoms with van der Waals surface area (Å²) >= 11 is 0. The first kappa shape index (κ1) is 27.3. The summed E-state index contributed by atoms with van der Waals surface area (Å²) in [7, 11) is 1.50. The van der Waals surface area contributed by atoms with E-state index in [9.17, 15) is 13.2 Å². The van der Waals surface area contributed by atoms with Crippen molar-refractivity contribution in [2.24, 2.45) is 0 Å². The second-order valence-electron chi connectivity index (χ2n) is 8.28. The molecular weight excluding hydrogens is 484 g/mol. The van der Waals surface area contributed by atoms with Crippen LogP contribution in [0.5, 0.6) is 11.5 Å². The number of ether oxygens (including phenoxy) is 4. The number of sulfone groups is 1. The summed E-state index contributed by atoms with van der Waals surface area (Å²) in [5, 5.41) is 5.88. The monoisotopic (exact) mass is 516 g/mol. The third-order valence-electron chi connectivity index (χ3n) is 6.02. The molecule has 0 radical (unpaired) electrons. The Balaban J connectivity index is 1.92. The summed E-state index contributed by atoms with van der Waals surface area (Å²) in [6.45, 7) is 3.70. The number of carbonyl (C=O) groups is 1. The lowest BCUT2D eigenvalue weighted by atomic mass is 10.0. The van der Waals surface area contributed by atoms with Gasteiger partial charge in [0.05, 0.1) is 38.8 Å². The number of methoxy groups -OCH3 is 4. The summed E-state index contributed by atoms with van der Waals surface area (Å²) in [6, 6.07) is 9.06. The third kappa shape index (κ3) is 5.25. The highest BCUT2D eigenvalue weighted by Gasteiger charge is 2.51. The lowest BCUT2D eigenvalue weighted by Crippen LogP contribution is -2.57. The Morgan fingerprint density at radius 2 is 1.69 bits per heavy atom. The SMILES string of the molecule is COC1=CC(NCC(=O)Nc2ccc(C)cc2C)C(OC)(S(=O)(=O)c2ccc(OC)c(OC)c2)C=C1. The molecule has 0 aliphatic heterocycles. The van der Waals surface area contributed by atoms with Crippen molar-refractivity contribution in [1.29, 1.82) is 0 Å². The highest BCUT2D eigenvalue weighted by Crippen LogP contribution is 2.38. The molecule has 194 valence electrons. The Bertz CT molecular complexity index is 1290. The van der Waals surface area contributed by atoms with E-state index in [1.165, 1.54) is 58.8 Å². The summed E-state index contributed by atoms with van der Waals surface area (Å²) in [5.41, 5.74) is 2.69. The van der Waals surface area contributed by atoms with E-state index in [4.69, 9.17) is 18.9 Å². The van der Waals surface area contributed by atoms with Crippen molar-refractivity contribution in [3.8, 4) is 11.5 Å². The average Bonchev–Trinajstić information content (AvgIpc) is 2.88. The van der Waals surface area contributed by atoms with Gasteiger partial charge in [-0.2, -0.15) is 0 Å². The maximum Gasteiger partial charge on any atom is 0.238 e. The standard InChI is InChI=1S/C26H32N2O7S/c1-17-7-9-21(18(2)13-17)28-25(29)16-27-24-14-19(32-3)11-12-26(24,35-6)36(30,31)20-8-10-22(33-4)23(15-20)34-5/h7-15,24,27H,16H2,1-6H3,(H,28,29). The van der Waals surface area contributed by atoms with Crippen molar-refractivity contribution in [1.82, 2.24) is 5.32 Å². The number of carbonyl (C=O) groups excluding carboxylic acids is 1. The molecule has 0 spiro atoms. The van der Waals surface area contributed by atoms with E-state index in [1.54, 1.807) is 6.08 Å². The van der Waals surface area contributed by atoms with Crippen LogP contribution in [0.1, 0.15) is 11.1 Å². The zero-order valence-electron chi connectivity index (χ0n) is 21.2. The topological polar surface area (TPSA) is 112 Å². The van der Waals surface area contributed by atoms with Crippen molar-refractivity contribution in [3.63, 3.8) is 0 Å². The van der Waals surface area contributed by atoms with Gasteiger partial charge in [0.2, 0.25) is 20.7 Å². The van der Waals surface area contributed by atoms with E-state index in [0.717, 1.165) is 11.1 Å². The molecule has 9 nitrogen and oxygen atoms in total. The van der Waals surface area contributed by atoms with Gasteiger partial charge in [0.15, 0.2) is 11.5 Å². The first-order chi connectivity index (χ1) is 17.1. The predicted octanol–water partition coefficient (Wildman–Crippen LogP) is 3.13. The van der Waals surface area contributed by atoms with Crippen LogP contribution in [-0.4, -0.2) is 60.3 Å². The highest BCUT2D eigenvalue weighted by atomic mass is 32.2. The van der Waals surface area contributed by atoms with Gasteiger partial charge in [0.1, 0.15) is 5.76 Å². The normalized spacial score (nSPS) is 19.4. The lowest BCUT2D eigenvalue weighted by molar-refractivity contribution is -0.115. The Morgan fingerprint density at radius 1 is 0.972 bits per heavy atom. The van der Waals surface area contributed by atoms with E-state index in [0.29, 0.717) is 17.2 Å². The number of hydrogen-bond acceptors (Lipinski definition) is 8. The number of amides is 1. The molecule has 2 aromatic carbocycles. The molecule has 10 heteroatoms. The Morgan fingerprint density at radius 3 is 2.31 bits per heavy atom. The van der Waals surface area contributed by atoms with Crippen LogP contribution in [0.25, 0.3) is 0 Å². The van der Waals surface area contributed by atoms with Crippen molar-refractivity contribution in [2.75, 3.05) is 40.3 Å². The zero-order chi connectivity index (χ0) is 26.5. The number of hydrogen-bond donors (Lipinski definition) is 2. The summed E-state index contributed by atoms with van der Waals surface area (Å²) in [5.74, 6) is 0.742. The first-order valence-corrected chi connectivity index (χ1v) is 12.7. The minimum absolute atomic E-state index is 0.0348. The van der Waals surface area contributed by atoms with Crippen LogP contribution in [0.3, 0.4) is 0 Å². The minimum Gasteiger partial charge on any atom is -0.497 e. The minimum atomic E-state index is -4.17. The van der Waals surface area contributed by atoms with Gasteiger partial charge in [-0.25, -0.2) is 8.42 Å². The fourth-order valence-corrected chi connectivity index (χ4v) is 5.89. The molecule has 0 aromatic heterocycles. The molecule has 0 fully saturated rings. The number of aryl methyl sites for hydroxylation is 2. The van der Waals surface area contributed by atoms with Crippen LogP contribution >= 0.6 is 0 Å². The molecule has 3 rings (SSSR count). The van der Waals surface area contributed by atoms with E-state index >= 15 is 0 Å². The van der Waals surface area contributed by atoms with Gasteiger partial charge < -0.3 is 24.3 Å². The summed E-state index contributed by atoms with van der Waals surface area (Å²) < 4.78 is 49.4. The molecule has 0 saturated carbocycles. The molecule has 0 bridgehead atoms. The van der Waals surface area contributed by atoms with Crippen LogP contribution < -0.4 is 20.1 Å². The van der Waals surface area contributed by atoms with Gasteiger partial charge in [0, 0.05) is 18.9 Å². The fraction of sp³-hybridized carbons (Fsp3) is 0.346. The van der Waals surface area contributed by atoms with Crippen LogP contribution in [0.15, 0.2) is 65.3 Å². The van der Waals surface area contributed by atoms with Gasteiger partial charge in [0.25, 0.3) is 0 Å². The van der Waals surface area contributed by atoms with E-state index in [-0.39, 0.29) is 23.1 Å². The molecule has 1 aliphatic rings. The first-order valence-electron chi connectivity index (χ1n) is 11.2. The average molecular weight is 517 g/mol. The maximum atomic E-state index is 13.9. The zero-order valence-corrected chi connectivity index (χ0v) is 22.1. The van der Waals surface area contributed by atoms with Gasteiger partial charge in [-0.3, -0.25) is 10.1 Å². The second-order valence-corrected chi connectivity index (χ2v) is 10.4. The van der Waals surface area contributed by atoms with Crippen molar-refractivity contribution < 1.29 is 32.2 Å². The van der Waals surface area contributed by atoms with Crippen LogP contribution in [-0.2, 0) is 24.1 Å². The molecule has 1 aliphatic carbocycles. The van der Waals surface area contributed by atoms with E-state index in [2.05, 4.69) is 10.6 Å². The quantitative estimate of drug-likeness (QED) is 0.495. The molecule has 0 saturated heterocycles. The van der Waals surface area contributed by atoms with Crippen molar-refractivity contribution >= 4 is 21.4 Å². The second kappa shape index (κ2) is 11.2. The van der Waals surface area contributed by atoms with Gasteiger partial charge in [-0.05, 0) is 55.8 Å². The van der Waals surface area contributed by atoms with Crippen LogP contribution in [0.2, 0.25) is 0 Å². The fourth-order valence-electron chi connectivity index (χ4n) is 4.06. The molecule has 1 amide bonds. The van der Waals surface area contributed by atoms with Gasteiger partial charge in [-0.1, -0.05) is 17.7 Å². The maximum absolute atomic E-state index is 13.9. The Hall–Kier alpha value is -3.34. The highest BCUT2D eigenvalue weighted by molar-refractivity contribution is 7.93. The lowest BCUT2D eigenvalue weighted by Gasteiger charge is -2.37. The number of allylic oxidation sites excluding steroid dienone is 1. The molecule has 36 heavy (non-hydrogen) atoms. The van der Waals surface area contributed by atoms with Gasteiger partial charge >= 0.3 is 0 Å². The van der Waals surface area contributed by atoms with Crippen LogP contribution in [0, 0.1) is 13.8 Å².